The number of hydrogen-bond acceptors (Lipinski definition) is 5. The summed E-state index contributed by atoms with van der Waals surface area (Å²) in [7, 11) is 1.59. The van der Waals surface area contributed by atoms with Crippen LogP contribution in [0.2, 0.25) is 0 Å². The van der Waals surface area contributed by atoms with E-state index in [1.54, 1.807) is 19.2 Å². The molecule has 21 heavy (non-hydrogen) atoms. The van der Waals surface area contributed by atoms with E-state index in [2.05, 4.69) is 10.2 Å². The maximum absolute atomic E-state index is 10.9. The molecule has 0 saturated carbocycles. The molecule has 2 heterocycles. The van der Waals surface area contributed by atoms with E-state index in [4.69, 9.17) is 4.74 Å². The van der Waals surface area contributed by atoms with Crippen molar-refractivity contribution in [3.8, 4) is 5.75 Å². The normalized spacial score (nSPS) is 25.4. The van der Waals surface area contributed by atoms with Crippen molar-refractivity contribution < 1.29 is 9.66 Å². The van der Waals surface area contributed by atoms with E-state index < -0.39 is 0 Å². The number of methoxy groups -OCH3 is 1. The second-order valence-corrected chi connectivity index (χ2v) is 5.78. The molecule has 1 aromatic rings. The fraction of sp³-hybridized carbons (Fsp3) is 0.600. The van der Waals surface area contributed by atoms with Gasteiger partial charge in [-0.3, -0.25) is 15.0 Å². The van der Waals surface area contributed by atoms with E-state index in [1.807, 2.05) is 0 Å². The molecule has 6 nitrogen and oxygen atoms in total. The Bertz CT molecular complexity index is 535. The minimum Gasteiger partial charge on any atom is -0.495 e. The van der Waals surface area contributed by atoms with Gasteiger partial charge in [-0.25, -0.2) is 0 Å². The Labute approximate surface area is 124 Å². The number of nitro benzene ring substituents is 1. The number of nitrogens with one attached hydrogen (secondary N) is 1. The number of ether oxygens (including phenoxy) is 1. The molecule has 1 aromatic carbocycles. The number of non-ortho nitro benzene ring substituents is 1. The number of anilines is 1. The van der Waals surface area contributed by atoms with Gasteiger partial charge in [0.15, 0.2) is 0 Å². The fourth-order valence-electron chi connectivity index (χ4n) is 3.54. The van der Waals surface area contributed by atoms with Gasteiger partial charge in [-0.05, 0) is 31.9 Å². The SMILES string of the molecule is COc1ccc([N+](=O)[O-])cc1NC1CCN2CCCCC12. The number of rotatable bonds is 4. The van der Waals surface area contributed by atoms with E-state index in [0.29, 0.717) is 17.8 Å². The van der Waals surface area contributed by atoms with Crippen LogP contribution in [0.5, 0.6) is 5.75 Å². The summed E-state index contributed by atoms with van der Waals surface area (Å²) in [6.45, 7) is 2.29. The van der Waals surface area contributed by atoms with E-state index in [-0.39, 0.29) is 10.6 Å². The summed E-state index contributed by atoms with van der Waals surface area (Å²) in [5.41, 5.74) is 0.820. The smallest absolute Gasteiger partial charge is 0.271 e. The Kier molecular flexibility index (Phi) is 3.96. The number of piperidine rings is 1. The number of fused-ring (bicyclic) bond motifs is 1. The van der Waals surface area contributed by atoms with E-state index in [0.717, 1.165) is 18.7 Å². The third kappa shape index (κ3) is 2.81. The first kappa shape index (κ1) is 14.1. The van der Waals surface area contributed by atoms with Gasteiger partial charge in [-0.1, -0.05) is 6.42 Å². The Morgan fingerprint density at radius 2 is 2.19 bits per heavy atom. The first-order chi connectivity index (χ1) is 10.2. The van der Waals surface area contributed by atoms with Crippen molar-refractivity contribution in [2.24, 2.45) is 0 Å². The zero-order valence-electron chi connectivity index (χ0n) is 12.2. The number of hydrogen-bond donors (Lipinski definition) is 1. The summed E-state index contributed by atoms with van der Waals surface area (Å²) >= 11 is 0. The van der Waals surface area contributed by atoms with Crippen molar-refractivity contribution in [3.05, 3.63) is 28.3 Å². The summed E-state index contributed by atoms with van der Waals surface area (Å²) in [4.78, 5) is 13.1. The molecule has 0 spiro atoms. The van der Waals surface area contributed by atoms with E-state index in [1.165, 1.54) is 31.9 Å². The van der Waals surface area contributed by atoms with Gasteiger partial charge in [0.2, 0.25) is 0 Å². The first-order valence-electron chi connectivity index (χ1n) is 7.52. The number of nitro groups is 1. The standard InChI is InChI=1S/C15H21N3O3/c1-21-15-6-5-11(18(19)20)10-13(15)16-12-7-9-17-8-3-2-4-14(12)17/h5-6,10,12,14,16H,2-4,7-9H2,1H3. The van der Waals surface area contributed by atoms with Crippen LogP contribution in [-0.2, 0) is 0 Å². The van der Waals surface area contributed by atoms with Gasteiger partial charge in [0.1, 0.15) is 5.75 Å². The van der Waals surface area contributed by atoms with Crippen LogP contribution in [0.3, 0.4) is 0 Å². The predicted molar refractivity (Wildman–Crippen MR) is 80.9 cm³/mol. The lowest BCUT2D eigenvalue weighted by Gasteiger charge is -2.33. The van der Waals surface area contributed by atoms with Crippen molar-refractivity contribution in [1.82, 2.24) is 4.90 Å². The molecule has 0 aromatic heterocycles. The van der Waals surface area contributed by atoms with Crippen LogP contribution in [0.1, 0.15) is 25.7 Å². The summed E-state index contributed by atoms with van der Waals surface area (Å²) in [6.07, 6.45) is 4.83. The molecule has 2 aliphatic heterocycles. The van der Waals surface area contributed by atoms with Crippen molar-refractivity contribution in [1.29, 1.82) is 0 Å². The topological polar surface area (TPSA) is 67.6 Å². The maximum atomic E-state index is 10.9. The van der Waals surface area contributed by atoms with Crippen molar-refractivity contribution in [2.45, 2.75) is 37.8 Å². The molecule has 114 valence electrons. The Morgan fingerprint density at radius 3 is 2.95 bits per heavy atom. The zero-order valence-corrected chi connectivity index (χ0v) is 12.2. The van der Waals surface area contributed by atoms with Gasteiger partial charge < -0.3 is 10.1 Å². The first-order valence-corrected chi connectivity index (χ1v) is 7.52. The zero-order chi connectivity index (χ0) is 14.8. The summed E-state index contributed by atoms with van der Waals surface area (Å²) in [5, 5.41) is 14.4. The molecule has 2 aliphatic rings. The van der Waals surface area contributed by atoms with Crippen LogP contribution in [0.25, 0.3) is 0 Å². The monoisotopic (exact) mass is 291 g/mol. The third-order valence-corrected chi connectivity index (χ3v) is 4.59. The van der Waals surface area contributed by atoms with Gasteiger partial charge in [0, 0.05) is 30.8 Å². The molecule has 2 unspecified atom stereocenters. The lowest BCUT2D eigenvalue weighted by atomic mass is 9.99. The molecule has 0 amide bonds. The van der Waals surface area contributed by atoms with E-state index in [9.17, 15) is 10.1 Å². The van der Waals surface area contributed by atoms with E-state index >= 15 is 0 Å². The lowest BCUT2D eigenvalue weighted by Crippen LogP contribution is -2.41. The maximum Gasteiger partial charge on any atom is 0.271 e. The van der Waals surface area contributed by atoms with Crippen LogP contribution in [-0.4, -0.2) is 42.1 Å². The van der Waals surface area contributed by atoms with Crippen molar-refractivity contribution in [2.75, 3.05) is 25.5 Å². The summed E-state index contributed by atoms with van der Waals surface area (Å²) in [5.74, 6) is 0.662. The molecule has 0 radical (unpaired) electrons. The average molecular weight is 291 g/mol. The van der Waals surface area contributed by atoms with Crippen LogP contribution in [0.4, 0.5) is 11.4 Å². The van der Waals surface area contributed by atoms with Crippen molar-refractivity contribution >= 4 is 11.4 Å². The third-order valence-electron chi connectivity index (χ3n) is 4.59. The Hall–Kier alpha value is -1.82. The van der Waals surface area contributed by atoms with Crippen LogP contribution < -0.4 is 10.1 Å². The minimum atomic E-state index is -0.369. The quantitative estimate of drug-likeness (QED) is 0.682. The van der Waals surface area contributed by atoms with Gasteiger partial charge >= 0.3 is 0 Å². The largest absolute Gasteiger partial charge is 0.495 e. The molecule has 3 rings (SSSR count). The second kappa shape index (κ2) is 5.89. The molecule has 6 heteroatoms. The second-order valence-electron chi connectivity index (χ2n) is 5.78. The molecule has 2 atom stereocenters. The summed E-state index contributed by atoms with van der Waals surface area (Å²) < 4.78 is 5.33. The van der Waals surface area contributed by atoms with Crippen molar-refractivity contribution in [3.63, 3.8) is 0 Å². The molecule has 0 aliphatic carbocycles. The highest BCUT2D eigenvalue weighted by molar-refractivity contribution is 5.62. The average Bonchev–Trinajstić information content (AvgIpc) is 2.90. The lowest BCUT2D eigenvalue weighted by molar-refractivity contribution is -0.384. The summed E-state index contributed by atoms with van der Waals surface area (Å²) in [6, 6.07) is 5.60. The highest BCUT2D eigenvalue weighted by Crippen LogP contribution is 2.34. The fourth-order valence-corrected chi connectivity index (χ4v) is 3.54. The highest BCUT2D eigenvalue weighted by atomic mass is 16.6. The number of nitrogens with zero attached hydrogens (tertiary/aromatic N) is 2. The van der Waals surface area contributed by atoms with Crippen LogP contribution in [0, 0.1) is 10.1 Å². The van der Waals surface area contributed by atoms with Crippen LogP contribution in [0.15, 0.2) is 18.2 Å². The predicted octanol–water partition coefficient (Wildman–Crippen LogP) is 2.64. The van der Waals surface area contributed by atoms with Gasteiger partial charge in [0.25, 0.3) is 5.69 Å². The molecule has 2 saturated heterocycles. The van der Waals surface area contributed by atoms with Gasteiger partial charge in [-0.2, -0.15) is 0 Å². The Morgan fingerprint density at radius 1 is 1.33 bits per heavy atom. The van der Waals surface area contributed by atoms with Gasteiger partial charge in [-0.15, -0.1) is 0 Å². The molecule has 2 fully saturated rings. The highest BCUT2D eigenvalue weighted by Gasteiger charge is 2.35. The number of benzene rings is 1. The molecular formula is C15H21N3O3. The molecular weight excluding hydrogens is 270 g/mol. The minimum absolute atomic E-state index is 0.0943. The van der Waals surface area contributed by atoms with Crippen LogP contribution >= 0.6 is 0 Å². The van der Waals surface area contributed by atoms with Gasteiger partial charge in [0.05, 0.1) is 17.7 Å². The molecule has 1 N–H and O–H groups in total. The molecule has 0 bridgehead atoms. The Balaban J connectivity index is 1.80.